The van der Waals surface area contributed by atoms with E-state index in [1.807, 2.05) is 6.07 Å². The van der Waals surface area contributed by atoms with Crippen molar-refractivity contribution in [3.05, 3.63) is 41.6 Å². The van der Waals surface area contributed by atoms with E-state index in [9.17, 15) is 0 Å². The molecule has 0 bridgehead atoms. The van der Waals surface area contributed by atoms with Crippen LogP contribution in [0.3, 0.4) is 0 Å². The van der Waals surface area contributed by atoms with Crippen molar-refractivity contribution in [2.24, 2.45) is 0 Å². The van der Waals surface area contributed by atoms with Crippen LogP contribution in [0.5, 0.6) is 0 Å². The molecule has 1 aromatic carbocycles. The summed E-state index contributed by atoms with van der Waals surface area (Å²) in [6, 6.07) is 10.4. The largest absolute Gasteiger partial charge is 0.381 e. The Morgan fingerprint density at radius 1 is 1.23 bits per heavy atom. The van der Waals surface area contributed by atoms with Crippen molar-refractivity contribution in [3.63, 3.8) is 0 Å². The van der Waals surface area contributed by atoms with Gasteiger partial charge in [-0.1, -0.05) is 37.3 Å². The molecule has 70 valence electrons. The van der Waals surface area contributed by atoms with Gasteiger partial charge in [0.2, 0.25) is 0 Å². The number of allylic oxidation sites excluding steroid dienone is 1. The molecule has 0 N–H and O–H groups in total. The number of benzene rings is 1. The first kappa shape index (κ1) is 9.85. The Balaban J connectivity index is 2.85. The Kier molecular flexibility index (Phi) is 3.56. The lowest BCUT2D eigenvalue weighted by Crippen LogP contribution is -2.09. The lowest BCUT2D eigenvalue weighted by atomic mass is 10.1. The van der Waals surface area contributed by atoms with E-state index >= 15 is 0 Å². The molecule has 1 heteroatoms. The van der Waals surface area contributed by atoms with Crippen LogP contribution in [0.25, 0.3) is 6.08 Å². The topological polar surface area (TPSA) is 3.24 Å². The molecular weight excluding hydrogens is 158 g/mol. The van der Waals surface area contributed by atoms with Crippen LogP contribution in [0.2, 0.25) is 0 Å². The molecule has 0 saturated heterocycles. The van der Waals surface area contributed by atoms with E-state index in [1.165, 1.54) is 11.3 Å². The second-order valence-electron chi connectivity index (χ2n) is 3.29. The van der Waals surface area contributed by atoms with Crippen LogP contribution in [0.4, 0.5) is 0 Å². The minimum atomic E-state index is 1.07. The molecule has 0 heterocycles. The molecule has 0 aliphatic rings. The van der Waals surface area contributed by atoms with E-state index in [0.29, 0.717) is 0 Å². The van der Waals surface area contributed by atoms with Gasteiger partial charge >= 0.3 is 0 Å². The Bertz CT molecular complexity index is 272. The zero-order chi connectivity index (χ0) is 9.68. The minimum Gasteiger partial charge on any atom is -0.381 e. The quantitative estimate of drug-likeness (QED) is 0.682. The third kappa shape index (κ3) is 2.94. The molecule has 1 aromatic rings. The Hall–Kier alpha value is -1.24. The molecule has 0 radical (unpaired) electrons. The van der Waals surface area contributed by atoms with E-state index in [0.717, 1.165) is 6.42 Å². The maximum absolute atomic E-state index is 2.22. The smallest absolute Gasteiger partial charge is 0.0131 e. The maximum Gasteiger partial charge on any atom is 0.0131 e. The summed E-state index contributed by atoms with van der Waals surface area (Å²) in [5, 5.41) is 0. The van der Waals surface area contributed by atoms with Gasteiger partial charge in [-0.15, -0.1) is 0 Å². The molecule has 0 atom stereocenters. The van der Waals surface area contributed by atoms with Gasteiger partial charge < -0.3 is 4.90 Å². The molecule has 0 fully saturated rings. The predicted octanol–water partition coefficient (Wildman–Crippen LogP) is 3.00. The Morgan fingerprint density at radius 3 is 2.31 bits per heavy atom. The summed E-state index contributed by atoms with van der Waals surface area (Å²) in [6.07, 6.45) is 3.29. The van der Waals surface area contributed by atoms with Crippen molar-refractivity contribution in [1.29, 1.82) is 0 Å². The maximum atomic E-state index is 2.22. The van der Waals surface area contributed by atoms with Crippen molar-refractivity contribution < 1.29 is 0 Å². The fourth-order valence-corrected chi connectivity index (χ4v) is 1.29. The molecule has 1 rings (SSSR count). The van der Waals surface area contributed by atoms with Gasteiger partial charge in [-0.2, -0.15) is 0 Å². The second-order valence-corrected chi connectivity index (χ2v) is 3.29. The van der Waals surface area contributed by atoms with E-state index < -0.39 is 0 Å². The highest BCUT2D eigenvalue weighted by atomic mass is 15.1. The van der Waals surface area contributed by atoms with Crippen LogP contribution < -0.4 is 0 Å². The number of hydrogen-bond donors (Lipinski definition) is 0. The number of hydrogen-bond acceptors (Lipinski definition) is 1. The molecule has 0 aromatic heterocycles. The van der Waals surface area contributed by atoms with Crippen LogP contribution in [0.1, 0.15) is 18.9 Å². The third-order valence-electron chi connectivity index (χ3n) is 2.07. The van der Waals surface area contributed by atoms with E-state index in [2.05, 4.69) is 56.3 Å². The van der Waals surface area contributed by atoms with Gasteiger partial charge in [-0.25, -0.2) is 0 Å². The zero-order valence-electron chi connectivity index (χ0n) is 8.62. The first-order valence-electron chi connectivity index (χ1n) is 4.67. The van der Waals surface area contributed by atoms with E-state index in [1.54, 1.807) is 0 Å². The van der Waals surface area contributed by atoms with Gasteiger partial charge in [0.1, 0.15) is 0 Å². The SMILES string of the molecule is CCC(=Cc1ccccc1)N(C)C. The van der Waals surface area contributed by atoms with Crippen molar-refractivity contribution in [2.75, 3.05) is 14.1 Å². The van der Waals surface area contributed by atoms with Gasteiger partial charge in [0.15, 0.2) is 0 Å². The predicted molar refractivity (Wildman–Crippen MR) is 58.4 cm³/mol. The lowest BCUT2D eigenvalue weighted by Gasteiger charge is -2.15. The van der Waals surface area contributed by atoms with Gasteiger partial charge in [-0.3, -0.25) is 0 Å². The summed E-state index contributed by atoms with van der Waals surface area (Å²) in [4.78, 5) is 2.16. The highest BCUT2D eigenvalue weighted by Crippen LogP contribution is 2.10. The van der Waals surface area contributed by atoms with Gasteiger partial charge in [0, 0.05) is 19.8 Å². The fraction of sp³-hybridized carbons (Fsp3) is 0.333. The van der Waals surface area contributed by atoms with Gasteiger partial charge in [0.25, 0.3) is 0 Å². The van der Waals surface area contributed by atoms with Crippen molar-refractivity contribution in [1.82, 2.24) is 4.90 Å². The Labute approximate surface area is 80.7 Å². The molecule has 0 aliphatic heterocycles. The van der Waals surface area contributed by atoms with Crippen molar-refractivity contribution >= 4 is 6.08 Å². The van der Waals surface area contributed by atoms with Crippen molar-refractivity contribution in [2.45, 2.75) is 13.3 Å². The minimum absolute atomic E-state index is 1.07. The average molecular weight is 175 g/mol. The van der Waals surface area contributed by atoms with E-state index in [4.69, 9.17) is 0 Å². The summed E-state index contributed by atoms with van der Waals surface area (Å²) in [6.45, 7) is 2.18. The normalized spacial score (nSPS) is 11.5. The standard InChI is InChI=1S/C12H17N/c1-4-12(13(2)3)10-11-8-6-5-7-9-11/h5-10H,4H2,1-3H3. The molecule has 1 nitrogen and oxygen atoms in total. The molecule has 0 spiro atoms. The van der Waals surface area contributed by atoms with Gasteiger partial charge in [-0.05, 0) is 18.1 Å². The summed E-state index contributed by atoms with van der Waals surface area (Å²) in [5.74, 6) is 0. The molecule has 13 heavy (non-hydrogen) atoms. The Morgan fingerprint density at radius 2 is 1.85 bits per heavy atom. The van der Waals surface area contributed by atoms with Crippen LogP contribution in [0.15, 0.2) is 36.0 Å². The van der Waals surface area contributed by atoms with Gasteiger partial charge in [0.05, 0.1) is 0 Å². The van der Waals surface area contributed by atoms with Crippen LogP contribution >= 0.6 is 0 Å². The first-order chi connectivity index (χ1) is 6.24. The summed E-state index contributed by atoms with van der Waals surface area (Å²) < 4.78 is 0. The monoisotopic (exact) mass is 175 g/mol. The second kappa shape index (κ2) is 4.70. The van der Waals surface area contributed by atoms with Crippen LogP contribution in [-0.4, -0.2) is 19.0 Å². The summed E-state index contributed by atoms with van der Waals surface area (Å²) in [7, 11) is 4.16. The lowest BCUT2D eigenvalue weighted by molar-refractivity contribution is 0.499. The third-order valence-corrected chi connectivity index (χ3v) is 2.07. The fourth-order valence-electron chi connectivity index (χ4n) is 1.29. The molecule has 0 amide bonds. The highest BCUT2D eigenvalue weighted by molar-refractivity contribution is 5.51. The van der Waals surface area contributed by atoms with Crippen LogP contribution in [0, 0.1) is 0 Å². The average Bonchev–Trinajstić information content (AvgIpc) is 2.15. The summed E-state index contributed by atoms with van der Waals surface area (Å²) >= 11 is 0. The summed E-state index contributed by atoms with van der Waals surface area (Å²) in [5.41, 5.74) is 2.62. The van der Waals surface area contributed by atoms with Crippen LogP contribution in [-0.2, 0) is 0 Å². The zero-order valence-corrected chi connectivity index (χ0v) is 8.62. The molecule has 0 aliphatic carbocycles. The van der Waals surface area contributed by atoms with Crippen molar-refractivity contribution in [3.8, 4) is 0 Å². The first-order valence-corrected chi connectivity index (χ1v) is 4.67. The molecule has 0 unspecified atom stereocenters. The number of nitrogens with zero attached hydrogens (tertiary/aromatic N) is 1. The molecule has 0 saturated carbocycles. The molecular formula is C12H17N. The number of rotatable bonds is 3. The van der Waals surface area contributed by atoms with E-state index in [-0.39, 0.29) is 0 Å². The highest BCUT2D eigenvalue weighted by Gasteiger charge is 1.95.